The first-order valence-electron chi connectivity index (χ1n) is 6.06. The van der Waals surface area contributed by atoms with Crippen LogP contribution in [-0.2, 0) is 14.8 Å². The SMILES string of the molecule is CCOC(C)CNS(=O)(=O)c1cc(N)c(Br)cc1OC. The standard InChI is InChI=1S/C12H19BrN2O4S/c1-4-19-8(2)7-15-20(16,17)12-6-10(14)9(13)5-11(12)18-3/h5-6,8,15H,4,7,14H2,1-3H3. The van der Waals surface area contributed by atoms with E-state index in [1.807, 2.05) is 6.92 Å². The van der Waals surface area contributed by atoms with Crippen molar-refractivity contribution in [1.29, 1.82) is 0 Å². The van der Waals surface area contributed by atoms with Crippen molar-refractivity contribution in [3.63, 3.8) is 0 Å². The van der Waals surface area contributed by atoms with Crippen LogP contribution in [0.25, 0.3) is 0 Å². The zero-order valence-electron chi connectivity index (χ0n) is 11.6. The van der Waals surface area contributed by atoms with Crippen LogP contribution in [0, 0.1) is 0 Å². The molecule has 1 atom stereocenters. The maximum atomic E-state index is 12.3. The van der Waals surface area contributed by atoms with Crippen LogP contribution in [0.5, 0.6) is 5.75 Å². The minimum Gasteiger partial charge on any atom is -0.495 e. The highest BCUT2D eigenvalue weighted by molar-refractivity contribution is 9.10. The summed E-state index contributed by atoms with van der Waals surface area (Å²) in [5.74, 6) is 0.225. The number of nitrogen functional groups attached to an aromatic ring is 1. The van der Waals surface area contributed by atoms with Gasteiger partial charge in [-0.05, 0) is 41.9 Å². The van der Waals surface area contributed by atoms with Crippen LogP contribution >= 0.6 is 15.9 Å². The lowest BCUT2D eigenvalue weighted by molar-refractivity contribution is 0.0799. The molecule has 3 N–H and O–H groups in total. The van der Waals surface area contributed by atoms with Crippen molar-refractivity contribution in [2.75, 3.05) is 26.0 Å². The van der Waals surface area contributed by atoms with Gasteiger partial charge in [0.25, 0.3) is 0 Å². The summed E-state index contributed by atoms with van der Waals surface area (Å²) in [4.78, 5) is 0.00407. The van der Waals surface area contributed by atoms with E-state index in [1.165, 1.54) is 19.2 Å². The molecule has 0 aliphatic rings. The van der Waals surface area contributed by atoms with E-state index < -0.39 is 10.0 Å². The van der Waals surface area contributed by atoms with Gasteiger partial charge < -0.3 is 15.2 Å². The number of sulfonamides is 1. The van der Waals surface area contributed by atoms with Crippen molar-refractivity contribution < 1.29 is 17.9 Å². The minimum atomic E-state index is -3.71. The molecule has 1 aromatic carbocycles. The van der Waals surface area contributed by atoms with Gasteiger partial charge in [0.15, 0.2) is 0 Å². The van der Waals surface area contributed by atoms with E-state index in [1.54, 1.807) is 6.92 Å². The predicted molar refractivity (Wildman–Crippen MR) is 81.4 cm³/mol. The van der Waals surface area contributed by atoms with Gasteiger partial charge in [0.2, 0.25) is 10.0 Å². The first-order valence-corrected chi connectivity index (χ1v) is 8.33. The molecular weight excluding hydrogens is 348 g/mol. The Hall–Kier alpha value is -0.830. The predicted octanol–water partition coefficient (Wildman–Crippen LogP) is 1.74. The van der Waals surface area contributed by atoms with Crippen LogP contribution in [-0.4, -0.2) is 34.8 Å². The Labute approximate surface area is 127 Å². The van der Waals surface area contributed by atoms with Crippen LogP contribution < -0.4 is 15.2 Å². The number of methoxy groups -OCH3 is 1. The molecule has 114 valence electrons. The van der Waals surface area contributed by atoms with E-state index in [2.05, 4.69) is 20.7 Å². The average molecular weight is 367 g/mol. The molecule has 8 heteroatoms. The number of hydrogen-bond donors (Lipinski definition) is 2. The summed E-state index contributed by atoms with van der Waals surface area (Å²) in [6.45, 7) is 4.34. The molecule has 0 aromatic heterocycles. The highest BCUT2D eigenvalue weighted by atomic mass is 79.9. The fourth-order valence-electron chi connectivity index (χ4n) is 1.57. The van der Waals surface area contributed by atoms with E-state index in [9.17, 15) is 8.42 Å². The maximum Gasteiger partial charge on any atom is 0.244 e. The molecule has 1 unspecified atom stereocenters. The lowest BCUT2D eigenvalue weighted by atomic mass is 10.3. The Morgan fingerprint density at radius 3 is 2.65 bits per heavy atom. The molecule has 0 saturated heterocycles. The van der Waals surface area contributed by atoms with Crippen molar-refractivity contribution in [1.82, 2.24) is 4.72 Å². The molecule has 6 nitrogen and oxygen atoms in total. The van der Waals surface area contributed by atoms with E-state index in [4.69, 9.17) is 15.2 Å². The summed E-state index contributed by atoms with van der Waals surface area (Å²) in [6, 6.07) is 2.88. The largest absolute Gasteiger partial charge is 0.495 e. The molecule has 0 radical (unpaired) electrons. The van der Waals surface area contributed by atoms with Crippen LogP contribution in [0.1, 0.15) is 13.8 Å². The van der Waals surface area contributed by atoms with E-state index in [0.717, 1.165) is 0 Å². The van der Waals surface area contributed by atoms with Gasteiger partial charge >= 0.3 is 0 Å². The smallest absolute Gasteiger partial charge is 0.244 e. The second kappa shape index (κ2) is 7.26. The summed E-state index contributed by atoms with van der Waals surface area (Å²) in [5, 5.41) is 0. The molecule has 1 rings (SSSR count). The van der Waals surface area contributed by atoms with Gasteiger partial charge in [0.1, 0.15) is 10.6 Å². The first-order chi connectivity index (χ1) is 9.31. The number of anilines is 1. The summed E-state index contributed by atoms with van der Waals surface area (Å²) >= 11 is 3.23. The number of ether oxygens (including phenoxy) is 2. The van der Waals surface area contributed by atoms with Crippen molar-refractivity contribution in [2.45, 2.75) is 24.8 Å². The Morgan fingerprint density at radius 1 is 1.45 bits per heavy atom. The van der Waals surface area contributed by atoms with Crippen molar-refractivity contribution >= 4 is 31.6 Å². The van der Waals surface area contributed by atoms with Gasteiger partial charge in [-0.2, -0.15) is 0 Å². The number of halogens is 1. The third-order valence-electron chi connectivity index (χ3n) is 2.58. The highest BCUT2D eigenvalue weighted by Crippen LogP contribution is 2.32. The number of rotatable bonds is 7. The molecule has 0 amide bonds. The lowest BCUT2D eigenvalue weighted by Gasteiger charge is -2.15. The molecule has 0 saturated carbocycles. The Bertz CT molecular complexity index is 563. The zero-order valence-corrected chi connectivity index (χ0v) is 14.0. The monoisotopic (exact) mass is 366 g/mol. The van der Waals surface area contributed by atoms with E-state index >= 15 is 0 Å². The van der Waals surface area contributed by atoms with Gasteiger partial charge in [0, 0.05) is 23.3 Å². The number of benzene rings is 1. The van der Waals surface area contributed by atoms with Crippen LogP contribution in [0.3, 0.4) is 0 Å². The van der Waals surface area contributed by atoms with Crippen molar-refractivity contribution in [2.24, 2.45) is 0 Å². The molecule has 0 fully saturated rings. The fourth-order valence-corrected chi connectivity index (χ4v) is 3.19. The summed E-state index contributed by atoms with van der Waals surface area (Å²) in [5.41, 5.74) is 6.05. The number of hydrogen-bond acceptors (Lipinski definition) is 5. The van der Waals surface area contributed by atoms with Crippen LogP contribution in [0.4, 0.5) is 5.69 Å². The van der Waals surface area contributed by atoms with Gasteiger partial charge in [-0.25, -0.2) is 13.1 Å². The Kier molecular flexibility index (Phi) is 6.25. The van der Waals surface area contributed by atoms with Gasteiger partial charge in [-0.3, -0.25) is 0 Å². The number of nitrogens with two attached hydrogens (primary N) is 1. The molecule has 1 aromatic rings. The zero-order chi connectivity index (χ0) is 15.3. The van der Waals surface area contributed by atoms with Crippen LogP contribution in [0.15, 0.2) is 21.5 Å². The summed E-state index contributed by atoms with van der Waals surface area (Å²) in [6.07, 6.45) is -0.214. The highest BCUT2D eigenvalue weighted by Gasteiger charge is 2.21. The molecule has 20 heavy (non-hydrogen) atoms. The second-order valence-corrected chi connectivity index (χ2v) is 6.73. The summed E-state index contributed by atoms with van der Waals surface area (Å²) in [7, 11) is -2.31. The third-order valence-corrected chi connectivity index (χ3v) is 4.72. The molecule has 0 heterocycles. The molecule has 0 aliphatic carbocycles. The lowest BCUT2D eigenvalue weighted by Crippen LogP contribution is -2.32. The fraction of sp³-hybridized carbons (Fsp3) is 0.500. The molecular formula is C12H19BrN2O4S. The maximum absolute atomic E-state index is 12.3. The van der Waals surface area contributed by atoms with Gasteiger partial charge in [-0.15, -0.1) is 0 Å². The quantitative estimate of drug-likeness (QED) is 0.717. The third kappa shape index (κ3) is 4.34. The average Bonchev–Trinajstić information content (AvgIpc) is 2.39. The van der Waals surface area contributed by atoms with Crippen molar-refractivity contribution in [3.05, 3.63) is 16.6 Å². The Balaban J connectivity index is 3.00. The number of nitrogens with one attached hydrogen (secondary N) is 1. The van der Waals surface area contributed by atoms with E-state index in [-0.39, 0.29) is 23.3 Å². The molecule has 0 aliphatic heterocycles. The second-order valence-electron chi connectivity index (χ2n) is 4.14. The van der Waals surface area contributed by atoms with Crippen molar-refractivity contribution in [3.8, 4) is 5.75 Å². The van der Waals surface area contributed by atoms with Crippen LogP contribution in [0.2, 0.25) is 0 Å². The molecule has 0 spiro atoms. The topological polar surface area (TPSA) is 90.7 Å². The summed E-state index contributed by atoms with van der Waals surface area (Å²) < 4.78 is 38.0. The Morgan fingerprint density at radius 2 is 2.10 bits per heavy atom. The normalized spacial score (nSPS) is 13.2. The van der Waals surface area contributed by atoms with Gasteiger partial charge in [0.05, 0.1) is 13.2 Å². The first kappa shape index (κ1) is 17.2. The van der Waals surface area contributed by atoms with Gasteiger partial charge in [-0.1, -0.05) is 0 Å². The van der Waals surface area contributed by atoms with E-state index in [0.29, 0.717) is 16.8 Å². The molecule has 0 bridgehead atoms. The minimum absolute atomic E-state index is 0.00407.